The molecular weight excluding hydrogens is 356 g/mol. The number of benzene rings is 2. The highest BCUT2D eigenvalue weighted by Gasteiger charge is 2.15. The zero-order valence-corrected chi connectivity index (χ0v) is 15.7. The first kappa shape index (κ1) is 14.6. The molecule has 0 fully saturated rings. The summed E-state index contributed by atoms with van der Waals surface area (Å²) in [6.07, 6.45) is 12.6. The van der Waals surface area contributed by atoms with E-state index in [0.717, 1.165) is 11.0 Å². The molecule has 0 bridgehead atoms. The van der Waals surface area contributed by atoms with E-state index in [0.29, 0.717) is 0 Å². The number of nitrogens with zero attached hydrogens (tertiary/aromatic N) is 2. The molecule has 4 heteroatoms. The van der Waals surface area contributed by atoms with Gasteiger partial charge in [-0.05, 0) is 55.7 Å². The third-order valence-corrected chi connectivity index (χ3v) is 8.69. The molecule has 2 aliphatic heterocycles. The van der Waals surface area contributed by atoms with Crippen molar-refractivity contribution in [3.05, 3.63) is 82.6 Å². The third kappa shape index (κ3) is 2.09. The van der Waals surface area contributed by atoms with Gasteiger partial charge in [-0.25, -0.2) is 0 Å². The Morgan fingerprint density at radius 3 is 1.38 bits per heavy atom. The van der Waals surface area contributed by atoms with E-state index in [9.17, 15) is 0 Å². The van der Waals surface area contributed by atoms with Crippen LogP contribution in [-0.4, -0.2) is 9.97 Å². The van der Waals surface area contributed by atoms with Crippen LogP contribution in [0.25, 0.3) is 32.6 Å². The number of hydrogen-bond donors (Lipinski definition) is 2. The number of rotatable bonds is 2. The maximum absolute atomic E-state index is 4.82. The van der Waals surface area contributed by atoms with E-state index in [1.54, 1.807) is 0 Å². The highest BCUT2D eigenvalue weighted by atomic mass is 32.2. The zero-order chi connectivity index (χ0) is 17.1. The van der Waals surface area contributed by atoms with Gasteiger partial charge in [-0.1, -0.05) is 24.3 Å². The van der Waals surface area contributed by atoms with Gasteiger partial charge in [-0.3, -0.25) is 9.97 Å². The largest absolute Gasteiger partial charge is 0.256 e. The fraction of sp³-hybridized carbons (Fsp3) is 0. The van der Waals surface area contributed by atoms with Crippen molar-refractivity contribution in [1.82, 2.24) is 9.97 Å². The summed E-state index contributed by atoms with van der Waals surface area (Å²) in [5.41, 5.74) is 2.15. The summed E-state index contributed by atoms with van der Waals surface area (Å²) in [5, 5.41) is 14.0. The number of pyridine rings is 2. The zero-order valence-electron chi connectivity index (χ0n) is 13.9. The van der Waals surface area contributed by atoms with Crippen molar-refractivity contribution < 1.29 is 0 Å². The Labute approximate surface area is 156 Å². The summed E-state index contributed by atoms with van der Waals surface area (Å²) in [7, 11) is -0.689. The summed E-state index contributed by atoms with van der Waals surface area (Å²) < 4.78 is 0. The van der Waals surface area contributed by atoms with Crippen LogP contribution in [0.5, 0.6) is 0 Å². The van der Waals surface area contributed by atoms with Crippen LogP contribution in [0.2, 0.25) is 0 Å². The molecule has 4 heterocycles. The molecule has 0 spiro atoms. The van der Waals surface area contributed by atoms with Crippen molar-refractivity contribution >= 4 is 54.4 Å². The first-order chi connectivity index (χ1) is 12.9. The fourth-order valence-corrected chi connectivity index (χ4v) is 6.95. The summed E-state index contributed by atoms with van der Waals surface area (Å²) >= 11 is 0. The summed E-state index contributed by atoms with van der Waals surface area (Å²) in [5.74, 6) is 0. The topological polar surface area (TPSA) is 25.8 Å². The van der Waals surface area contributed by atoms with Crippen molar-refractivity contribution in [3.63, 3.8) is 0 Å². The molecule has 0 aliphatic carbocycles. The SMILES string of the molecule is C1=C[SH](c2cc3cnc4cc([SH]5C=CC=C5)cc5cnc(c2)c3c54)C=C1. The lowest BCUT2D eigenvalue weighted by Crippen LogP contribution is -1.91. The lowest BCUT2D eigenvalue weighted by Gasteiger charge is -2.17. The minimum atomic E-state index is -0.345. The second-order valence-electron chi connectivity index (χ2n) is 6.56. The average Bonchev–Trinajstić information content (AvgIpc) is 3.39. The Hall–Kier alpha value is -2.56. The smallest absolute Gasteiger partial charge is 0.0726 e. The van der Waals surface area contributed by atoms with E-state index in [1.807, 2.05) is 12.4 Å². The molecule has 0 saturated heterocycles. The molecule has 0 amide bonds. The Kier molecular flexibility index (Phi) is 3.07. The number of aromatic nitrogens is 2. The molecule has 0 radical (unpaired) electrons. The number of allylic oxidation sites excluding steroid dienone is 4. The Morgan fingerprint density at radius 1 is 0.538 bits per heavy atom. The van der Waals surface area contributed by atoms with Gasteiger partial charge in [0.25, 0.3) is 0 Å². The normalized spacial score (nSPS) is 18.5. The monoisotopic (exact) mass is 372 g/mol. The lowest BCUT2D eigenvalue weighted by molar-refractivity contribution is 1.36. The van der Waals surface area contributed by atoms with Crippen molar-refractivity contribution in [1.29, 1.82) is 0 Å². The molecule has 0 unspecified atom stereocenters. The summed E-state index contributed by atoms with van der Waals surface area (Å²) in [6.45, 7) is 0. The standard InChI is InChI=1S/C22H16N2S2/c1-2-6-25(5-1)17-9-15-13-24-20-12-18(26-7-3-4-8-26)10-16-14-23-19(11-17)21(15)22(16)20/h1-14,25-26H. The van der Waals surface area contributed by atoms with Gasteiger partial charge in [-0.2, -0.15) is 21.8 Å². The van der Waals surface area contributed by atoms with E-state index in [1.165, 1.54) is 31.3 Å². The van der Waals surface area contributed by atoms with Crippen LogP contribution in [0.3, 0.4) is 0 Å². The Bertz CT molecular complexity index is 1110. The molecule has 4 aromatic rings. The molecule has 2 aromatic heterocycles. The first-order valence-electron chi connectivity index (χ1n) is 8.58. The van der Waals surface area contributed by atoms with Gasteiger partial charge in [0.05, 0.1) is 11.0 Å². The quantitative estimate of drug-likeness (QED) is 0.325. The van der Waals surface area contributed by atoms with E-state index in [4.69, 9.17) is 9.97 Å². The van der Waals surface area contributed by atoms with Crippen LogP contribution >= 0.6 is 21.8 Å². The van der Waals surface area contributed by atoms with Crippen LogP contribution in [0, 0.1) is 0 Å². The van der Waals surface area contributed by atoms with Crippen molar-refractivity contribution in [3.8, 4) is 0 Å². The van der Waals surface area contributed by atoms with Crippen LogP contribution in [0.4, 0.5) is 0 Å². The minimum Gasteiger partial charge on any atom is -0.256 e. The Morgan fingerprint density at radius 2 is 0.962 bits per heavy atom. The van der Waals surface area contributed by atoms with Gasteiger partial charge >= 0.3 is 0 Å². The minimum absolute atomic E-state index is 0.345. The fourth-order valence-electron chi connectivity index (χ4n) is 3.81. The average molecular weight is 373 g/mol. The van der Waals surface area contributed by atoms with Crippen LogP contribution < -0.4 is 0 Å². The third-order valence-electron chi connectivity index (χ3n) is 5.01. The predicted molar refractivity (Wildman–Crippen MR) is 117 cm³/mol. The Balaban J connectivity index is 1.64. The molecule has 0 saturated carbocycles. The maximum Gasteiger partial charge on any atom is 0.0726 e. The molecule has 6 rings (SSSR count). The number of thiol groups is 2. The van der Waals surface area contributed by atoms with Gasteiger partial charge < -0.3 is 0 Å². The van der Waals surface area contributed by atoms with Gasteiger partial charge in [0, 0.05) is 33.9 Å². The van der Waals surface area contributed by atoms with Crippen molar-refractivity contribution in [2.45, 2.75) is 9.79 Å². The van der Waals surface area contributed by atoms with Crippen molar-refractivity contribution in [2.24, 2.45) is 0 Å². The molecule has 2 aromatic carbocycles. The molecule has 2 nitrogen and oxygen atoms in total. The van der Waals surface area contributed by atoms with E-state index < -0.39 is 0 Å². The van der Waals surface area contributed by atoms with Gasteiger partial charge in [-0.15, -0.1) is 0 Å². The van der Waals surface area contributed by atoms with E-state index in [2.05, 4.69) is 70.2 Å². The van der Waals surface area contributed by atoms with Crippen LogP contribution in [0.15, 0.2) is 92.4 Å². The predicted octanol–water partition coefficient (Wildman–Crippen LogP) is 6.18. The summed E-state index contributed by atoms with van der Waals surface area (Å²) in [6, 6.07) is 9.10. The second-order valence-corrected chi connectivity index (χ2v) is 10.4. The van der Waals surface area contributed by atoms with Gasteiger partial charge in [0.1, 0.15) is 0 Å². The molecular formula is C22H16N2S2. The molecule has 0 N–H and O–H groups in total. The van der Waals surface area contributed by atoms with Crippen LogP contribution in [-0.2, 0) is 0 Å². The molecule has 126 valence electrons. The maximum atomic E-state index is 4.82. The van der Waals surface area contributed by atoms with Gasteiger partial charge in [0.2, 0.25) is 0 Å². The first-order valence-corrected chi connectivity index (χ1v) is 11.5. The highest BCUT2D eigenvalue weighted by molar-refractivity contribution is 8.22. The van der Waals surface area contributed by atoms with Crippen LogP contribution in [0.1, 0.15) is 0 Å². The van der Waals surface area contributed by atoms with E-state index in [-0.39, 0.29) is 21.8 Å². The second kappa shape index (κ2) is 5.47. The lowest BCUT2D eigenvalue weighted by atomic mass is 10.0. The van der Waals surface area contributed by atoms with Gasteiger partial charge in [0.15, 0.2) is 0 Å². The van der Waals surface area contributed by atoms with E-state index >= 15 is 0 Å². The summed E-state index contributed by atoms with van der Waals surface area (Å²) in [4.78, 5) is 12.3. The molecule has 26 heavy (non-hydrogen) atoms. The molecule has 0 atom stereocenters. The molecule has 2 aliphatic rings. The number of hydrogen-bond acceptors (Lipinski definition) is 2. The van der Waals surface area contributed by atoms with Crippen molar-refractivity contribution in [2.75, 3.05) is 0 Å². The highest BCUT2D eigenvalue weighted by Crippen LogP contribution is 2.47.